The fourth-order valence-electron chi connectivity index (χ4n) is 3.28. The highest BCUT2D eigenvalue weighted by Crippen LogP contribution is 2.43. The number of ether oxygens (including phenoxy) is 2. The van der Waals surface area contributed by atoms with Crippen LogP contribution in [-0.4, -0.2) is 37.4 Å². The summed E-state index contributed by atoms with van der Waals surface area (Å²) in [5.41, 5.74) is 2.37. The SMILES string of the molecule is O=C(Nc1ccc2c(c1)N1CCN=C1S2)c1cc2c(cc1Br)OCCCO2. The molecule has 0 saturated heterocycles. The lowest BCUT2D eigenvalue weighted by molar-refractivity contribution is 0.102. The van der Waals surface area contributed by atoms with Gasteiger partial charge in [-0.3, -0.25) is 9.79 Å². The Hall–Kier alpha value is -2.19. The van der Waals surface area contributed by atoms with Crippen LogP contribution in [0.2, 0.25) is 0 Å². The Morgan fingerprint density at radius 2 is 2.00 bits per heavy atom. The molecule has 0 fully saturated rings. The number of carbonyl (C=O) groups excluding carboxylic acids is 1. The summed E-state index contributed by atoms with van der Waals surface area (Å²) in [6.45, 7) is 2.90. The smallest absolute Gasteiger partial charge is 0.256 e. The third-order valence-electron chi connectivity index (χ3n) is 4.59. The third-order valence-corrected chi connectivity index (χ3v) is 6.35. The standard InChI is InChI=1S/C19H16BrN3O3S/c20-13-10-16-15(25-6-1-7-26-16)9-12(13)18(24)22-11-2-3-17-14(8-11)23-5-4-21-19(23)27-17/h2-3,8-10H,1,4-7H2,(H,22,24). The number of anilines is 2. The van der Waals surface area contributed by atoms with Gasteiger partial charge < -0.3 is 19.7 Å². The monoisotopic (exact) mass is 445 g/mol. The molecule has 0 bridgehead atoms. The average molecular weight is 446 g/mol. The molecule has 3 aliphatic rings. The Balaban J connectivity index is 1.41. The first-order valence-electron chi connectivity index (χ1n) is 8.73. The second kappa shape index (κ2) is 6.76. The number of nitrogens with one attached hydrogen (secondary N) is 1. The van der Waals surface area contributed by atoms with Crippen molar-refractivity contribution in [1.82, 2.24) is 0 Å². The lowest BCUT2D eigenvalue weighted by Crippen LogP contribution is -2.21. The number of hydrogen-bond donors (Lipinski definition) is 1. The van der Waals surface area contributed by atoms with Crippen molar-refractivity contribution in [3.05, 3.63) is 40.4 Å². The second-order valence-corrected chi connectivity index (χ2v) is 8.25. The van der Waals surface area contributed by atoms with Crippen molar-refractivity contribution in [3.63, 3.8) is 0 Å². The Morgan fingerprint density at radius 3 is 2.85 bits per heavy atom. The Morgan fingerprint density at radius 1 is 1.19 bits per heavy atom. The Labute approximate surface area is 169 Å². The van der Waals surface area contributed by atoms with Crippen molar-refractivity contribution in [2.45, 2.75) is 11.3 Å². The van der Waals surface area contributed by atoms with Gasteiger partial charge >= 0.3 is 0 Å². The molecule has 0 saturated carbocycles. The highest BCUT2D eigenvalue weighted by molar-refractivity contribution is 9.10. The molecule has 8 heteroatoms. The van der Waals surface area contributed by atoms with E-state index < -0.39 is 0 Å². The molecule has 5 rings (SSSR count). The van der Waals surface area contributed by atoms with Crippen molar-refractivity contribution < 1.29 is 14.3 Å². The molecule has 0 spiro atoms. The summed E-state index contributed by atoms with van der Waals surface area (Å²) in [5, 5.41) is 4.03. The van der Waals surface area contributed by atoms with Crippen LogP contribution in [-0.2, 0) is 0 Å². The quantitative estimate of drug-likeness (QED) is 0.752. The van der Waals surface area contributed by atoms with Gasteiger partial charge in [-0.2, -0.15) is 0 Å². The minimum atomic E-state index is -0.196. The molecule has 6 nitrogen and oxygen atoms in total. The summed E-state index contributed by atoms with van der Waals surface area (Å²) in [6, 6.07) is 9.48. The van der Waals surface area contributed by atoms with Crippen LogP contribution < -0.4 is 19.7 Å². The lowest BCUT2D eigenvalue weighted by atomic mass is 10.1. The van der Waals surface area contributed by atoms with E-state index in [2.05, 4.69) is 31.1 Å². The molecular weight excluding hydrogens is 430 g/mol. The molecule has 1 amide bonds. The normalized spacial score (nSPS) is 17.1. The van der Waals surface area contributed by atoms with Crippen molar-refractivity contribution in [3.8, 4) is 11.5 Å². The molecule has 2 aromatic rings. The van der Waals surface area contributed by atoms with E-state index in [1.165, 1.54) is 4.90 Å². The van der Waals surface area contributed by atoms with Gasteiger partial charge in [0.1, 0.15) is 0 Å². The number of benzene rings is 2. The first-order chi connectivity index (χ1) is 13.2. The number of amides is 1. The van der Waals surface area contributed by atoms with Crippen molar-refractivity contribution in [2.75, 3.05) is 36.5 Å². The number of aliphatic imine (C=N–C) groups is 1. The van der Waals surface area contributed by atoms with Gasteiger partial charge in [0.25, 0.3) is 5.91 Å². The zero-order valence-corrected chi connectivity index (χ0v) is 16.7. The summed E-state index contributed by atoms with van der Waals surface area (Å²) in [5.74, 6) is 1.06. The number of hydrogen-bond acceptors (Lipinski definition) is 6. The maximum absolute atomic E-state index is 12.9. The van der Waals surface area contributed by atoms with E-state index in [0.717, 1.165) is 36.1 Å². The third kappa shape index (κ3) is 3.06. The number of carbonyl (C=O) groups is 1. The van der Waals surface area contributed by atoms with Gasteiger partial charge in [-0.15, -0.1) is 0 Å². The first kappa shape index (κ1) is 16.9. The molecule has 3 aliphatic heterocycles. The number of rotatable bonds is 2. The van der Waals surface area contributed by atoms with Crippen molar-refractivity contribution >= 4 is 50.1 Å². The van der Waals surface area contributed by atoms with E-state index >= 15 is 0 Å². The summed E-state index contributed by atoms with van der Waals surface area (Å²) in [4.78, 5) is 20.7. The molecule has 0 atom stereocenters. The maximum atomic E-state index is 12.9. The Kier molecular flexibility index (Phi) is 4.24. The van der Waals surface area contributed by atoms with Crippen LogP contribution in [0.25, 0.3) is 0 Å². The number of nitrogens with zero attached hydrogens (tertiary/aromatic N) is 2. The van der Waals surface area contributed by atoms with E-state index in [4.69, 9.17) is 9.47 Å². The Bertz CT molecular complexity index is 979. The predicted molar refractivity (Wildman–Crippen MR) is 110 cm³/mol. The average Bonchev–Trinajstić information content (AvgIpc) is 3.16. The minimum absolute atomic E-state index is 0.196. The number of fused-ring (bicyclic) bond motifs is 4. The molecule has 0 radical (unpaired) electrons. The summed E-state index contributed by atoms with van der Waals surface area (Å²) < 4.78 is 12.0. The highest BCUT2D eigenvalue weighted by atomic mass is 79.9. The first-order valence-corrected chi connectivity index (χ1v) is 10.3. The molecule has 138 valence electrons. The van der Waals surface area contributed by atoms with Gasteiger partial charge in [-0.25, -0.2) is 0 Å². The highest BCUT2D eigenvalue weighted by Gasteiger charge is 2.29. The number of halogens is 1. The van der Waals surface area contributed by atoms with Crippen LogP contribution in [0.4, 0.5) is 11.4 Å². The van der Waals surface area contributed by atoms with Gasteiger partial charge in [0.2, 0.25) is 0 Å². The van der Waals surface area contributed by atoms with Crippen LogP contribution in [0, 0.1) is 0 Å². The molecule has 2 aromatic carbocycles. The van der Waals surface area contributed by atoms with Gasteiger partial charge in [0.15, 0.2) is 16.7 Å². The molecule has 0 aromatic heterocycles. The minimum Gasteiger partial charge on any atom is -0.490 e. The van der Waals surface area contributed by atoms with E-state index in [9.17, 15) is 4.79 Å². The zero-order valence-electron chi connectivity index (χ0n) is 14.3. The van der Waals surface area contributed by atoms with Crippen LogP contribution in [0.1, 0.15) is 16.8 Å². The zero-order chi connectivity index (χ0) is 18.4. The van der Waals surface area contributed by atoms with Crippen LogP contribution >= 0.6 is 27.7 Å². The number of amidine groups is 1. The van der Waals surface area contributed by atoms with Crippen molar-refractivity contribution in [1.29, 1.82) is 0 Å². The van der Waals surface area contributed by atoms with E-state index in [-0.39, 0.29) is 5.91 Å². The second-order valence-electron chi connectivity index (χ2n) is 6.38. The fraction of sp³-hybridized carbons (Fsp3) is 0.263. The molecule has 0 aliphatic carbocycles. The predicted octanol–water partition coefficient (Wildman–Crippen LogP) is 4.14. The molecule has 0 unspecified atom stereocenters. The fourth-order valence-corrected chi connectivity index (χ4v) is 4.85. The van der Waals surface area contributed by atoms with E-state index in [0.29, 0.717) is 34.7 Å². The maximum Gasteiger partial charge on any atom is 0.256 e. The van der Waals surface area contributed by atoms with E-state index in [1.807, 2.05) is 18.2 Å². The van der Waals surface area contributed by atoms with Gasteiger partial charge in [0, 0.05) is 28.0 Å². The topological polar surface area (TPSA) is 63.2 Å². The molecule has 27 heavy (non-hydrogen) atoms. The molecule has 1 N–H and O–H groups in total. The largest absolute Gasteiger partial charge is 0.490 e. The van der Waals surface area contributed by atoms with Gasteiger partial charge in [0.05, 0.1) is 31.0 Å². The summed E-state index contributed by atoms with van der Waals surface area (Å²) in [7, 11) is 0. The van der Waals surface area contributed by atoms with Crippen LogP contribution in [0.15, 0.2) is 44.7 Å². The van der Waals surface area contributed by atoms with Crippen molar-refractivity contribution in [2.24, 2.45) is 4.99 Å². The molecular formula is C19H16BrN3O3S. The summed E-state index contributed by atoms with van der Waals surface area (Å²) >= 11 is 5.15. The van der Waals surface area contributed by atoms with Gasteiger partial charge in [-0.1, -0.05) is 0 Å². The van der Waals surface area contributed by atoms with Crippen LogP contribution in [0.3, 0.4) is 0 Å². The van der Waals surface area contributed by atoms with Crippen LogP contribution in [0.5, 0.6) is 11.5 Å². The lowest BCUT2D eigenvalue weighted by Gasteiger charge is -2.15. The molecule has 3 heterocycles. The number of thioether (sulfide) groups is 1. The van der Waals surface area contributed by atoms with Gasteiger partial charge in [-0.05, 0) is 58.0 Å². The van der Waals surface area contributed by atoms with E-state index in [1.54, 1.807) is 23.9 Å². The summed E-state index contributed by atoms with van der Waals surface area (Å²) in [6.07, 6.45) is 0.822.